The maximum Gasteiger partial charge on any atom is 0.253 e. The highest BCUT2D eigenvalue weighted by Crippen LogP contribution is 2.28. The van der Waals surface area contributed by atoms with Crippen LogP contribution in [-0.2, 0) is 6.54 Å². The molecule has 1 saturated heterocycles. The maximum absolute atomic E-state index is 14.5. The average molecular weight is 443 g/mol. The summed E-state index contributed by atoms with van der Waals surface area (Å²) in [6.07, 6.45) is 2.76. The Hall–Kier alpha value is -2.65. The molecule has 1 fully saturated rings. The summed E-state index contributed by atoms with van der Waals surface area (Å²) in [4.78, 5) is 16.4. The number of nitrogens with one attached hydrogen (secondary N) is 2. The highest BCUT2D eigenvalue weighted by Gasteiger charge is 2.28. The fraction of sp³-hybridized carbons (Fsp3) is 0.300. The Morgan fingerprint density at radius 2 is 1.97 bits per heavy atom. The van der Waals surface area contributed by atoms with E-state index in [0.29, 0.717) is 13.0 Å². The molecule has 10 heteroatoms. The van der Waals surface area contributed by atoms with Gasteiger partial charge in [-0.15, -0.1) is 12.4 Å². The molecular formula is C20H19ClF4N4O. The van der Waals surface area contributed by atoms with Gasteiger partial charge in [0.2, 0.25) is 0 Å². The van der Waals surface area contributed by atoms with Gasteiger partial charge in [-0.25, -0.2) is 17.6 Å². The number of alkyl halides is 1. The van der Waals surface area contributed by atoms with Crippen molar-refractivity contribution in [1.82, 2.24) is 20.2 Å². The van der Waals surface area contributed by atoms with E-state index in [1.54, 1.807) is 0 Å². The molecule has 1 aliphatic heterocycles. The van der Waals surface area contributed by atoms with Crippen LogP contribution in [0.3, 0.4) is 0 Å². The molecule has 5 nitrogen and oxygen atoms in total. The van der Waals surface area contributed by atoms with Crippen molar-refractivity contribution in [2.75, 3.05) is 13.1 Å². The third kappa shape index (κ3) is 4.13. The highest BCUT2D eigenvalue weighted by atomic mass is 35.5. The van der Waals surface area contributed by atoms with Crippen molar-refractivity contribution in [3.8, 4) is 0 Å². The smallest absolute Gasteiger partial charge is 0.253 e. The molecule has 2 N–H and O–H groups in total. The van der Waals surface area contributed by atoms with Crippen molar-refractivity contribution < 1.29 is 22.4 Å². The molecule has 0 aliphatic carbocycles. The van der Waals surface area contributed by atoms with Crippen LogP contribution in [-0.4, -0.2) is 40.8 Å². The molecule has 3 aromatic rings. The first-order chi connectivity index (χ1) is 14.0. The second kappa shape index (κ2) is 9.01. The summed E-state index contributed by atoms with van der Waals surface area (Å²) in [5.74, 6) is -2.85. The Morgan fingerprint density at radius 3 is 2.70 bits per heavy atom. The van der Waals surface area contributed by atoms with E-state index in [4.69, 9.17) is 0 Å². The molecule has 0 unspecified atom stereocenters. The molecule has 160 valence electrons. The summed E-state index contributed by atoms with van der Waals surface area (Å²) >= 11 is 0. The van der Waals surface area contributed by atoms with Crippen molar-refractivity contribution in [2.24, 2.45) is 0 Å². The van der Waals surface area contributed by atoms with E-state index in [1.165, 1.54) is 23.0 Å². The third-order valence-electron chi connectivity index (χ3n) is 5.09. The minimum atomic E-state index is -1.28. The van der Waals surface area contributed by atoms with Gasteiger partial charge in [0.05, 0.1) is 35.2 Å². The molecule has 4 rings (SSSR count). The summed E-state index contributed by atoms with van der Waals surface area (Å²) in [5.41, 5.74) is -0.0830. The quantitative estimate of drug-likeness (QED) is 0.609. The molecule has 0 spiro atoms. The molecule has 0 bridgehead atoms. The first kappa shape index (κ1) is 22.0. The van der Waals surface area contributed by atoms with Crippen molar-refractivity contribution in [2.45, 2.75) is 25.2 Å². The Balaban J connectivity index is 0.00000256. The number of rotatable bonds is 4. The van der Waals surface area contributed by atoms with E-state index in [-0.39, 0.29) is 47.5 Å². The van der Waals surface area contributed by atoms with E-state index in [0.717, 1.165) is 18.3 Å². The summed E-state index contributed by atoms with van der Waals surface area (Å²) in [5, 5.41) is 5.23. The second-order valence-corrected chi connectivity index (χ2v) is 6.98. The summed E-state index contributed by atoms with van der Waals surface area (Å²) in [7, 11) is 0. The number of amides is 1. The zero-order valence-electron chi connectivity index (χ0n) is 15.7. The molecule has 1 aliphatic rings. The first-order valence-electron chi connectivity index (χ1n) is 9.16. The molecule has 3 heterocycles. The molecular weight excluding hydrogens is 424 g/mol. The minimum absolute atomic E-state index is 0. The molecule has 0 saturated carbocycles. The number of hydrogen-bond acceptors (Lipinski definition) is 3. The van der Waals surface area contributed by atoms with Crippen molar-refractivity contribution in [1.29, 1.82) is 0 Å². The fourth-order valence-electron chi connectivity index (χ4n) is 3.61. The number of pyridine rings is 1. The third-order valence-corrected chi connectivity index (χ3v) is 5.09. The molecule has 30 heavy (non-hydrogen) atoms. The van der Waals surface area contributed by atoms with Crippen LogP contribution in [0.2, 0.25) is 0 Å². The van der Waals surface area contributed by atoms with Crippen LogP contribution in [0, 0.1) is 17.5 Å². The van der Waals surface area contributed by atoms with Gasteiger partial charge < -0.3 is 15.2 Å². The number of carbonyl (C=O) groups is 1. The number of fused-ring (bicyclic) bond motifs is 1. The van der Waals surface area contributed by atoms with E-state index in [9.17, 15) is 22.4 Å². The number of aromatic nitrogens is 2. The standard InChI is InChI=1S/C20H18F4N4O.ClH/c21-13-1-2-14(22)19-18(13)12(20(29)27-17-4-6-26-8-16(17)24)10-28(19)9-11-3-5-25-7-15(11)23;/h1-3,5,7,10,16-17,26H,4,6,8-9H2,(H,27,29);1H/t16-,17+;/m1./s1. The predicted molar refractivity (Wildman–Crippen MR) is 106 cm³/mol. The van der Waals surface area contributed by atoms with Crippen molar-refractivity contribution in [3.05, 3.63) is 65.4 Å². The Morgan fingerprint density at radius 1 is 1.20 bits per heavy atom. The van der Waals surface area contributed by atoms with Gasteiger partial charge in [0.25, 0.3) is 5.91 Å². The Bertz CT molecular complexity index is 1070. The van der Waals surface area contributed by atoms with Crippen molar-refractivity contribution >= 4 is 29.2 Å². The number of benzene rings is 1. The van der Waals surface area contributed by atoms with Gasteiger partial charge in [0.15, 0.2) is 0 Å². The topological polar surface area (TPSA) is 59.0 Å². The van der Waals surface area contributed by atoms with E-state index in [1.807, 2.05) is 0 Å². The van der Waals surface area contributed by atoms with E-state index >= 15 is 0 Å². The maximum atomic E-state index is 14.5. The summed E-state index contributed by atoms with van der Waals surface area (Å²) in [6, 6.07) is 2.56. The van der Waals surface area contributed by atoms with E-state index < -0.39 is 35.6 Å². The molecule has 1 aromatic carbocycles. The SMILES string of the molecule is Cl.O=C(N[C@H]1CCNC[C@H]1F)c1cn(Cc2ccncc2F)c2c(F)ccc(F)c12. The van der Waals surface area contributed by atoms with Gasteiger partial charge in [0, 0.05) is 24.5 Å². The lowest BCUT2D eigenvalue weighted by atomic mass is 10.0. The fourth-order valence-corrected chi connectivity index (χ4v) is 3.61. The molecule has 2 atom stereocenters. The zero-order valence-corrected chi connectivity index (χ0v) is 16.5. The lowest BCUT2D eigenvalue weighted by Gasteiger charge is -2.27. The highest BCUT2D eigenvalue weighted by molar-refractivity contribution is 6.07. The van der Waals surface area contributed by atoms with Crippen LogP contribution in [0.15, 0.2) is 36.8 Å². The Labute approximate surface area is 175 Å². The van der Waals surface area contributed by atoms with Gasteiger partial charge in [-0.1, -0.05) is 0 Å². The second-order valence-electron chi connectivity index (χ2n) is 6.98. The van der Waals surface area contributed by atoms with Gasteiger partial charge in [-0.3, -0.25) is 9.78 Å². The molecule has 2 aromatic heterocycles. The number of carbonyl (C=O) groups excluding carboxylic acids is 1. The number of hydrogen-bond donors (Lipinski definition) is 2. The molecule has 1 amide bonds. The zero-order chi connectivity index (χ0) is 20.5. The normalized spacial score (nSPS) is 18.8. The van der Waals surface area contributed by atoms with Gasteiger partial charge in [0.1, 0.15) is 23.6 Å². The monoisotopic (exact) mass is 442 g/mol. The lowest BCUT2D eigenvalue weighted by molar-refractivity contribution is 0.0893. The summed E-state index contributed by atoms with van der Waals surface area (Å²) in [6.45, 7) is 0.520. The van der Waals surface area contributed by atoms with Crippen LogP contribution >= 0.6 is 12.4 Å². The van der Waals surface area contributed by atoms with Crippen LogP contribution in [0.25, 0.3) is 10.9 Å². The Kier molecular flexibility index (Phi) is 6.62. The first-order valence-corrected chi connectivity index (χ1v) is 9.16. The van der Waals surface area contributed by atoms with Gasteiger partial charge >= 0.3 is 0 Å². The van der Waals surface area contributed by atoms with Crippen LogP contribution in [0.5, 0.6) is 0 Å². The average Bonchev–Trinajstić information content (AvgIpc) is 3.09. The lowest BCUT2D eigenvalue weighted by Crippen LogP contribution is -2.50. The van der Waals surface area contributed by atoms with Crippen LogP contribution in [0.4, 0.5) is 17.6 Å². The summed E-state index contributed by atoms with van der Waals surface area (Å²) < 4.78 is 58.4. The number of halogens is 5. The predicted octanol–water partition coefficient (Wildman–Crippen LogP) is 3.35. The van der Waals surface area contributed by atoms with Crippen LogP contribution in [0.1, 0.15) is 22.3 Å². The van der Waals surface area contributed by atoms with Gasteiger partial charge in [-0.2, -0.15) is 0 Å². The van der Waals surface area contributed by atoms with E-state index in [2.05, 4.69) is 15.6 Å². The molecule has 0 radical (unpaired) electrons. The van der Waals surface area contributed by atoms with Crippen molar-refractivity contribution in [3.63, 3.8) is 0 Å². The van der Waals surface area contributed by atoms with Gasteiger partial charge in [-0.05, 0) is 31.2 Å². The minimum Gasteiger partial charge on any atom is -0.346 e. The largest absolute Gasteiger partial charge is 0.346 e. The number of piperidine rings is 1. The number of nitrogens with zero attached hydrogens (tertiary/aromatic N) is 2. The van der Waals surface area contributed by atoms with Crippen LogP contribution < -0.4 is 10.6 Å².